The number of hydrogen-bond acceptors (Lipinski definition) is 7. The zero-order chi connectivity index (χ0) is 26.5. The minimum Gasteiger partial charge on any atom is -0.485 e. The van der Waals surface area contributed by atoms with Gasteiger partial charge in [0.2, 0.25) is 5.91 Å². The van der Waals surface area contributed by atoms with Gasteiger partial charge in [0.25, 0.3) is 5.91 Å². The van der Waals surface area contributed by atoms with Gasteiger partial charge in [-0.1, -0.05) is 17.7 Å². The number of piperidine rings is 1. The van der Waals surface area contributed by atoms with E-state index in [-0.39, 0.29) is 55.8 Å². The minimum atomic E-state index is -0.379. The zero-order valence-corrected chi connectivity index (χ0v) is 21.5. The zero-order valence-electron chi connectivity index (χ0n) is 21.5. The molecule has 2 aromatic carbocycles. The highest BCUT2D eigenvalue weighted by atomic mass is 16.5. The maximum atomic E-state index is 13.1. The number of rotatable bonds is 8. The van der Waals surface area contributed by atoms with E-state index < -0.39 is 0 Å². The van der Waals surface area contributed by atoms with E-state index in [0.29, 0.717) is 48.7 Å². The van der Waals surface area contributed by atoms with E-state index >= 15 is 0 Å². The van der Waals surface area contributed by atoms with Crippen LogP contribution in [0.1, 0.15) is 41.3 Å². The molecule has 0 aromatic heterocycles. The van der Waals surface area contributed by atoms with Crippen LogP contribution in [0.4, 0.5) is 5.69 Å². The van der Waals surface area contributed by atoms with Gasteiger partial charge in [-0.2, -0.15) is 0 Å². The molecule has 9 heteroatoms. The normalized spacial score (nSPS) is 17.1. The third kappa shape index (κ3) is 6.10. The molecule has 2 heterocycles. The van der Waals surface area contributed by atoms with Crippen molar-refractivity contribution in [3.63, 3.8) is 0 Å². The molecule has 2 aliphatic heterocycles. The van der Waals surface area contributed by atoms with Crippen molar-refractivity contribution in [2.75, 3.05) is 44.4 Å². The number of nitrogens with zero attached hydrogens (tertiary/aromatic N) is 2. The van der Waals surface area contributed by atoms with Crippen LogP contribution in [-0.4, -0.2) is 67.9 Å². The van der Waals surface area contributed by atoms with Crippen LogP contribution in [0.3, 0.4) is 0 Å². The lowest BCUT2D eigenvalue weighted by molar-refractivity contribution is -0.151. The predicted octanol–water partition coefficient (Wildman–Crippen LogP) is 3.09. The highest BCUT2D eigenvalue weighted by Gasteiger charge is 2.33. The Kier molecular flexibility index (Phi) is 8.11. The van der Waals surface area contributed by atoms with E-state index in [1.165, 1.54) is 4.90 Å². The van der Waals surface area contributed by atoms with Crippen molar-refractivity contribution in [3.05, 3.63) is 53.1 Å². The van der Waals surface area contributed by atoms with Gasteiger partial charge >= 0.3 is 5.97 Å². The number of carbonyl (C=O) groups is 4. The molecule has 0 spiro atoms. The van der Waals surface area contributed by atoms with Crippen molar-refractivity contribution in [1.82, 2.24) is 4.90 Å². The van der Waals surface area contributed by atoms with Gasteiger partial charge in [-0.25, -0.2) is 0 Å². The van der Waals surface area contributed by atoms with Gasteiger partial charge in [0, 0.05) is 18.7 Å². The third-order valence-electron chi connectivity index (χ3n) is 6.60. The lowest BCUT2D eigenvalue weighted by atomic mass is 9.98. The Labute approximate surface area is 216 Å². The summed E-state index contributed by atoms with van der Waals surface area (Å²) in [6, 6.07) is 10.5. The predicted molar refractivity (Wildman–Crippen MR) is 136 cm³/mol. The van der Waals surface area contributed by atoms with E-state index in [2.05, 4.69) is 0 Å². The third-order valence-corrected chi connectivity index (χ3v) is 6.60. The molecule has 0 bridgehead atoms. The molecule has 9 nitrogen and oxygen atoms in total. The van der Waals surface area contributed by atoms with E-state index in [0.717, 1.165) is 11.1 Å². The number of carbonyl (C=O) groups excluding carboxylic acids is 4. The molecule has 0 aliphatic carbocycles. The van der Waals surface area contributed by atoms with Gasteiger partial charge in [-0.05, 0) is 63.4 Å². The number of benzene rings is 2. The van der Waals surface area contributed by atoms with E-state index in [1.54, 1.807) is 30.0 Å². The Morgan fingerprint density at radius 1 is 1.11 bits per heavy atom. The smallest absolute Gasteiger partial charge is 0.310 e. The van der Waals surface area contributed by atoms with Crippen LogP contribution in [0.15, 0.2) is 36.4 Å². The molecule has 0 radical (unpaired) electrons. The lowest BCUT2D eigenvalue weighted by Crippen LogP contribution is -2.49. The van der Waals surface area contributed by atoms with Gasteiger partial charge < -0.3 is 19.1 Å². The highest BCUT2D eigenvalue weighted by molar-refractivity contribution is 6.04. The number of ether oxygens (including phenoxy) is 3. The molecular formula is C28H32N2O7. The molecule has 0 saturated carbocycles. The molecule has 1 saturated heterocycles. The number of Topliss-reactive ketones (excluding diaryl/α,β-unsaturated/α-hetero) is 1. The summed E-state index contributed by atoms with van der Waals surface area (Å²) in [5.41, 5.74) is 2.75. The fourth-order valence-electron chi connectivity index (χ4n) is 4.63. The summed E-state index contributed by atoms with van der Waals surface area (Å²) < 4.78 is 16.4. The molecule has 196 valence electrons. The van der Waals surface area contributed by atoms with Crippen LogP contribution in [0.5, 0.6) is 11.5 Å². The lowest BCUT2D eigenvalue weighted by Gasteiger charge is -2.34. The maximum absolute atomic E-state index is 13.1. The SMILES string of the molecule is CCOC(=O)[C@@H]1CCCN(C(=O)CN2C(=O)COc3ccc(C(=O)COc4ccc(C)cc4C)cc32)C1. The van der Waals surface area contributed by atoms with Gasteiger partial charge in [0.15, 0.2) is 19.0 Å². The van der Waals surface area contributed by atoms with Crippen LogP contribution in [0.25, 0.3) is 0 Å². The number of esters is 1. The van der Waals surface area contributed by atoms with Crippen LogP contribution < -0.4 is 14.4 Å². The topological polar surface area (TPSA) is 102 Å². The molecule has 37 heavy (non-hydrogen) atoms. The Balaban J connectivity index is 1.46. The standard InChI is InChI=1S/C28H32N2O7/c1-4-35-28(34)21-6-5-11-29(14-21)26(32)15-30-22-13-20(8-10-25(22)37-17-27(30)33)23(31)16-36-24-9-7-18(2)12-19(24)3/h7-10,12-13,21H,4-6,11,14-17H2,1-3H3/t21-/m1/s1. The summed E-state index contributed by atoms with van der Waals surface area (Å²) >= 11 is 0. The first-order chi connectivity index (χ1) is 17.8. The second-order valence-electron chi connectivity index (χ2n) is 9.36. The van der Waals surface area contributed by atoms with Crippen molar-refractivity contribution in [2.24, 2.45) is 5.92 Å². The summed E-state index contributed by atoms with van der Waals surface area (Å²) in [6.07, 6.45) is 1.35. The number of likely N-dealkylation sites (tertiary alicyclic amines) is 1. The first kappa shape index (κ1) is 26.2. The van der Waals surface area contributed by atoms with Crippen molar-refractivity contribution in [1.29, 1.82) is 0 Å². The van der Waals surface area contributed by atoms with Crippen molar-refractivity contribution in [2.45, 2.75) is 33.6 Å². The fourth-order valence-corrected chi connectivity index (χ4v) is 4.63. The van der Waals surface area contributed by atoms with Crippen molar-refractivity contribution in [3.8, 4) is 11.5 Å². The number of aryl methyl sites for hydroxylation is 2. The van der Waals surface area contributed by atoms with E-state index in [1.807, 2.05) is 32.0 Å². The fraction of sp³-hybridized carbons (Fsp3) is 0.429. The maximum Gasteiger partial charge on any atom is 0.310 e. The largest absolute Gasteiger partial charge is 0.485 e. The van der Waals surface area contributed by atoms with Crippen molar-refractivity contribution >= 4 is 29.3 Å². The van der Waals surface area contributed by atoms with Crippen LogP contribution in [0.2, 0.25) is 0 Å². The second-order valence-corrected chi connectivity index (χ2v) is 9.36. The van der Waals surface area contributed by atoms with Gasteiger partial charge in [0.05, 0.1) is 18.2 Å². The van der Waals surface area contributed by atoms with Crippen LogP contribution in [0, 0.1) is 19.8 Å². The summed E-state index contributed by atoms with van der Waals surface area (Å²) in [7, 11) is 0. The van der Waals surface area contributed by atoms with Crippen LogP contribution in [-0.2, 0) is 19.1 Å². The quantitative estimate of drug-likeness (QED) is 0.399. The molecule has 2 amide bonds. The Bertz CT molecular complexity index is 1210. The average molecular weight is 509 g/mol. The van der Waals surface area contributed by atoms with Crippen LogP contribution >= 0.6 is 0 Å². The Morgan fingerprint density at radius 2 is 1.92 bits per heavy atom. The summed E-state index contributed by atoms with van der Waals surface area (Å²) in [6.45, 7) is 6.14. The first-order valence-corrected chi connectivity index (χ1v) is 12.5. The average Bonchev–Trinajstić information content (AvgIpc) is 2.89. The molecule has 2 aliphatic rings. The van der Waals surface area contributed by atoms with E-state index in [4.69, 9.17) is 14.2 Å². The van der Waals surface area contributed by atoms with Gasteiger partial charge in [-0.15, -0.1) is 0 Å². The molecule has 2 aromatic rings. The van der Waals surface area contributed by atoms with Gasteiger partial charge in [0.1, 0.15) is 18.0 Å². The van der Waals surface area contributed by atoms with Crippen molar-refractivity contribution < 1.29 is 33.4 Å². The Hall–Kier alpha value is -3.88. The summed E-state index contributed by atoms with van der Waals surface area (Å²) in [5.74, 6) is -0.542. The highest BCUT2D eigenvalue weighted by Crippen LogP contribution is 2.33. The molecule has 4 rings (SSSR count). The molecular weight excluding hydrogens is 476 g/mol. The number of anilines is 1. The number of ketones is 1. The minimum absolute atomic E-state index is 0.167. The number of amides is 2. The van der Waals surface area contributed by atoms with Gasteiger partial charge in [-0.3, -0.25) is 24.1 Å². The molecule has 0 N–H and O–H groups in total. The monoisotopic (exact) mass is 508 g/mol. The first-order valence-electron chi connectivity index (χ1n) is 12.5. The molecule has 1 fully saturated rings. The number of hydrogen-bond donors (Lipinski definition) is 0. The van der Waals surface area contributed by atoms with E-state index in [9.17, 15) is 19.2 Å². The second kappa shape index (κ2) is 11.5. The summed E-state index contributed by atoms with van der Waals surface area (Å²) in [5, 5.41) is 0. The number of fused-ring (bicyclic) bond motifs is 1. The molecule has 0 unspecified atom stereocenters. The summed E-state index contributed by atoms with van der Waals surface area (Å²) in [4.78, 5) is 53.9. The Morgan fingerprint density at radius 3 is 2.68 bits per heavy atom. The molecule has 1 atom stereocenters.